The van der Waals surface area contributed by atoms with Gasteiger partial charge in [0, 0.05) is 13.5 Å². The third kappa shape index (κ3) is 4.30. The molecule has 0 radical (unpaired) electrons. The zero-order valence-corrected chi connectivity index (χ0v) is 12.5. The molecule has 1 aliphatic rings. The van der Waals surface area contributed by atoms with Crippen LogP contribution in [0.3, 0.4) is 0 Å². The lowest BCUT2D eigenvalue weighted by molar-refractivity contribution is -0.131. The molecule has 0 unspecified atom stereocenters. The quantitative estimate of drug-likeness (QED) is 0.817. The van der Waals surface area contributed by atoms with Gasteiger partial charge < -0.3 is 9.32 Å². The van der Waals surface area contributed by atoms with Crippen LogP contribution >= 0.6 is 0 Å². The van der Waals surface area contributed by atoms with Gasteiger partial charge in [-0.1, -0.05) is 19.8 Å². The zero-order valence-electron chi connectivity index (χ0n) is 12.5. The number of carbonyl (C=O) groups is 1. The Labute approximate surface area is 120 Å². The molecule has 1 aromatic heterocycles. The average molecular weight is 280 g/mol. The third-order valence-corrected chi connectivity index (χ3v) is 3.67. The van der Waals surface area contributed by atoms with Gasteiger partial charge >= 0.3 is 0 Å². The average Bonchev–Trinajstić information content (AvgIpc) is 2.74. The summed E-state index contributed by atoms with van der Waals surface area (Å²) in [5, 5.41) is 7.86. The van der Waals surface area contributed by atoms with Crippen molar-refractivity contribution in [1.29, 1.82) is 0 Å². The minimum Gasteiger partial charge on any atom is -0.423 e. The second-order valence-electron chi connectivity index (χ2n) is 5.38. The van der Waals surface area contributed by atoms with E-state index >= 15 is 0 Å². The van der Waals surface area contributed by atoms with Crippen LogP contribution in [0.5, 0.6) is 0 Å². The number of likely N-dealkylation sites (N-methyl/N-ethyl adjacent to an activating group) is 1. The summed E-state index contributed by atoms with van der Waals surface area (Å²) >= 11 is 0. The Balaban J connectivity index is 1.81. The van der Waals surface area contributed by atoms with E-state index in [1.807, 2.05) is 6.92 Å². The Morgan fingerprint density at radius 2 is 1.85 bits per heavy atom. The third-order valence-electron chi connectivity index (χ3n) is 3.67. The van der Waals surface area contributed by atoms with Crippen LogP contribution in [0.25, 0.3) is 0 Å². The predicted octanol–water partition coefficient (Wildman–Crippen LogP) is 1.47. The number of nitrogens with zero attached hydrogens (tertiary/aromatic N) is 4. The fraction of sp³-hybridized carbons (Fsp3) is 0.786. The highest BCUT2D eigenvalue weighted by Crippen LogP contribution is 2.10. The minimum absolute atomic E-state index is 0.114. The van der Waals surface area contributed by atoms with Gasteiger partial charge in [0.05, 0.1) is 13.1 Å². The van der Waals surface area contributed by atoms with Gasteiger partial charge in [0.25, 0.3) is 0 Å². The van der Waals surface area contributed by atoms with Crippen LogP contribution in [0.2, 0.25) is 0 Å². The van der Waals surface area contributed by atoms with Crippen LogP contribution in [-0.2, 0) is 17.8 Å². The maximum atomic E-state index is 12.2. The van der Waals surface area contributed by atoms with E-state index in [4.69, 9.17) is 4.42 Å². The molecule has 0 spiro atoms. The molecule has 1 amide bonds. The van der Waals surface area contributed by atoms with Crippen LogP contribution in [0.15, 0.2) is 4.42 Å². The van der Waals surface area contributed by atoms with E-state index in [1.165, 1.54) is 25.7 Å². The first-order valence-electron chi connectivity index (χ1n) is 7.46. The number of rotatable bonds is 5. The van der Waals surface area contributed by atoms with E-state index in [1.54, 1.807) is 11.9 Å². The molecule has 6 heteroatoms. The summed E-state index contributed by atoms with van der Waals surface area (Å²) in [5.74, 6) is 1.24. The van der Waals surface area contributed by atoms with E-state index < -0.39 is 0 Å². The minimum atomic E-state index is 0.114. The maximum Gasteiger partial charge on any atom is 0.236 e. The van der Waals surface area contributed by atoms with E-state index in [-0.39, 0.29) is 5.91 Å². The van der Waals surface area contributed by atoms with Gasteiger partial charge in [-0.2, -0.15) is 0 Å². The standard InChI is InChI=1S/C14H24N4O2/c1-3-12-15-16-13(20-12)10-17(2)14(19)11-18-8-6-4-5-7-9-18/h3-11H2,1-2H3. The lowest BCUT2D eigenvalue weighted by atomic mass is 10.2. The second kappa shape index (κ2) is 7.38. The molecule has 1 saturated heterocycles. The summed E-state index contributed by atoms with van der Waals surface area (Å²) in [4.78, 5) is 16.1. The summed E-state index contributed by atoms with van der Waals surface area (Å²) in [7, 11) is 1.79. The molecule has 1 aromatic rings. The van der Waals surface area contributed by atoms with E-state index in [0.717, 1.165) is 19.5 Å². The van der Waals surface area contributed by atoms with E-state index in [9.17, 15) is 4.79 Å². The number of likely N-dealkylation sites (tertiary alicyclic amines) is 1. The lowest BCUT2D eigenvalue weighted by Crippen LogP contribution is -2.38. The largest absolute Gasteiger partial charge is 0.423 e. The maximum absolute atomic E-state index is 12.2. The van der Waals surface area contributed by atoms with Crippen LogP contribution in [0.1, 0.15) is 44.4 Å². The van der Waals surface area contributed by atoms with Crippen molar-refractivity contribution >= 4 is 5.91 Å². The summed E-state index contributed by atoms with van der Waals surface area (Å²) in [6.45, 7) is 4.90. The number of aryl methyl sites for hydroxylation is 1. The smallest absolute Gasteiger partial charge is 0.236 e. The number of hydrogen-bond acceptors (Lipinski definition) is 5. The monoisotopic (exact) mass is 280 g/mol. The highest BCUT2D eigenvalue weighted by atomic mass is 16.4. The molecule has 0 bridgehead atoms. The number of hydrogen-bond donors (Lipinski definition) is 0. The van der Waals surface area contributed by atoms with Gasteiger partial charge in [-0.15, -0.1) is 10.2 Å². The molecule has 1 aliphatic heterocycles. The van der Waals surface area contributed by atoms with Crippen LogP contribution in [-0.4, -0.2) is 52.6 Å². The van der Waals surface area contributed by atoms with Gasteiger partial charge in [0.1, 0.15) is 0 Å². The molecule has 0 aromatic carbocycles. The Hall–Kier alpha value is -1.43. The molecular weight excluding hydrogens is 256 g/mol. The highest BCUT2D eigenvalue weighted by molar-refractivity contribution is 5.77. The molecule has 20 heavy (non-hydrogen) atoms. The van der Waals surface area contributed by atoms with Gasteiger partial charge in [-0.3, -0.25) is 9.69 Å². The summed E-state index contributed by atoms with van der Waals surface area (Å²) < 4.78 is 5.43. The first-order valence-corrected chi connectivity index (χ1v) is 7.46. The Kier molecular flexibility index (Phi) is 5.52. The topological polar surface area (TPSA) is 62.5 Å². The summed E-state index contributed by atoms with van der Waals surface area (Å²) in [5.41, 5.74) is 0. The van der Waals surface area contributed by atoms with Crippen molar-refractivity contribution in [3.05, 3.63) is 11.8 Å². The van der Waals surface area contributed by atoms with Crippen molar-refractivity contribution in [3.8, 4) is 0 Å². The van der Waals surface area contributed by atoms with Crippen molar-refractivity contribution < 1.29 is 9.21 Å². The molecule has 0 saturated carbocycles. The zero-order chi connectivity index (χ0) is 14.4. The van der Waals surface area contributed by atoms with Crippen molar-refractivity contribution in [2.45, 2.75) is 45.6 Å². The van der Waals surface area contributed by atoms with Gasteiger partial charge in [0.15, 0.2) is 0 Å². The van der Waals surface area contributed by atoms with Gasteiger partial charge in [-0.25, -0.2) is 0 Å². The van der Waals surface area contributed by atoms with Crippen molar-refractivity contribution in [3.63, 3.8) is 0 Å². The molecule has 1 fully saturated rings. The van der Waals surface area contributed by atoms with E-state index in [0.29, 0.717) is 24.9 Å². The first-order chi connectivity index (χ1) is 9.69. The molecular formula is C14H24N4O2. The Morgan fingerprint density at radius 1 is 1.20 bits per heavy atom. The number of amides is 1. The Morgan fingerprint density at radius 3 is 2.45 bits per heavy atom. The highest BCUT2D eigenvalue weighted by Gasteiger charge is 2.17. The Bertz CT molecular complexity index is 425. The van der Waals surface area contributed by atoms with Gasteiger partial charge in [-0.05, 0) is 25.9 Å². The second-order valence-corrected chi connectivity index (χ2v) is 5.38. The van der Waals surface area contributed by atoms with Crippen LogP contribution in [0.4, 0.5) is 0 Å². The summed E-state index contributed by atoms with van der Waals surface area (Å²) in [6, 6.07) is 0. The fourth-order valence-electron chi connectivity index (χ4n) is 2.39. The molecule has 2 heterocycles. The predicted molar refractivity (Wildman–Crippen MR) is 75.1 cm³/mol. The number of aromatic nitrogens is 2. The first kappa shape index (κ1) is 15.0. The lowest BCUT2D eigenvalue weighted by Gasteiger charge is -2.22. The van der Waals surface area contributed by atoms with E-state index in [2.05, 4.69) is 15.1 Å². The van der Waals surface area contributed by atoms with Crippen LogP contribution in [0, 0.1) is 0 Å². The van der Waals surface area contributed by atoms with Crippen molar-refractivity contribution in [2.75, 3.05) is 26.7 Å². The van der Waals surface area contributed by atoms with Crippen molar-refractivity contribution in [1.82, 2.24) is 20.0 Å². The summed E-state index contributed by atoms with van der Waals surface area (Å²) in [6.07, 6.45) is 5.67. The normalized spacial score (nSPS) is 16.9. The molecule has 112 valence electrons. The van der Waals surface area contributed by atoms with Gasteiger partial charge in [0.2, 0.25) is 17.7 Å². The number of carbonyl (C=O) groups excluding carboxylic acids is 1. The fourth-order valence-corrected chi connectivity index (χ4v) is 2.39. The SMILES string of the molecule is CCc1nnc(CN(C)C(=O)CN2CCCCCC2)o1. The molecule has 2 rings (SSSR count). The molecule has 0 atom stereocenters. The molecule has 0 aliphatic carbocycles. The molecule has 0 N–H and O–H groups in total. The molecule has 6 nitrogen and oxygen atoms in total. The van der Waals surface area contributed by atoms with Crippen LogP contribution < -0.4 is 0 Å². The van der Waals surface area contributed by atoms with Crippen molar-refractivity contribution in [2.24, 2.45) is 0 Å².